The van der Waals surface area contributed by atoms with Crippen LogP contribution in [0.4, 0.5) is 0 Å². The number of aryl methyl sites for hydroxylation is 1. The molecule has 0 atom stereocenters. The second-order valence-electron chi connectivity index (χ2n) is 5.19. The summed E-state index contributed by atoms with van der Waals surface area (Å²) in [5.41, 5.74) is 1.62. The maximum atomic E-state index is 11.9. The van der Waals surface area contributed by atoms with Crippen LogP contribution < -0.4 is 10.6 Å². The van der Waals surface area contributed by atoms with E-state index in [1.807, 2.05) is 31.2 Å². The number of rotatable bonds is 7. The number of hydrogen-bond donors (Lipinski definition) is 2. The normalized spacial score (nSPS) is 10.2. The molecule has 4 nitrogen and oxygen atoms in total. The molecule has 0 aliphatic heterocycles. The van der Waals surface area contributed by atoms with Crippen LogP contribution in [0.5, 0.6) is 0 Å². The molecule has 126 valence electrons. The minimum absolute atomic E-state index is 0.0624. The van der Waals surface area contributed by atoms with E-state index in [-0.39, 0.29) is 11.8 Å². The predicted molar refractivity (Wildman–Crippen MR) is 98.7 cm³/mol. The average molecular weight is 363 g/mol. The summed E-state index contributed by atoms with van der Waals surface area (Å²) < 4.78 is 0. The Balaban J connectivity index is 1.65. The van der Waals surface area contributed by atoms with Gasteiger partial charge < -0.3 is 10.6 Å². The topological polar surface area (TPSA) is 58.2 Å². The van der Waals surface area contributed by atoms with Crippen LogP contribution in [-0.2, 0) is 4.79 Å². The summed E-state index contributed by atoms with van der Waals surface area (Å²) in [6.45, 7) is 2.76. The average Bonchev–Trinajstić information content (AvgIpc) is 2.58. The Kier molecular flexibility index (Phi) is 7.15. The maximum absolute atomic E-state index is 11.9. The lowest BCUT2D eigenvalue weighted by molar-refractivity contribution is -0.118. The molecule has 0 heterocycles. The molecule has 0 aliphatic rings. The molecule has 0 saturated carbocycles. The van der Waals surface area contributed by atoms with Gasteiger partial charge in [-0.1, -0.05) is 41.4 Å². The quantitative estimate of drug-likeness (QED) is 0.587. The van der Waals surface area contributed by atoms with Gasteiger partial charge in [0.1, 0.15) is 0 Å². The van der Waals surface area contributed by atoms with Crippen LogP contribution in [0.25, 0.3) is 0 Å². The fourth-order valence-corrected chi connectivity index (χ4v) is 2.90. The van der Waals surface area contributed by atoms with E-state index in [0.29, 0.717) is 29.4 Å². The summed E-state index contributed by atoms with van der Waals surface area (Å²) in [4.78, 5) is 24.8. The van der Waals surface area contributed by atoms with E-state index < -0.39 is 0 Å². The van der Waals surface area contributed by atoms with Crippen molar-refractivity contribution in [3.63, 3.8) is 0 Å². The van der Waals surface area contributed by atoms with E-state index in [9.17, 15) is 9.59 Å². The first-order chi connectivity index (χ1) is 11.6. The van der Waals surface area contributed by atoms with Crippen molar-refractivity contribution in [3.05, 3.63) is 64.7 Å². The molecule has 2 N–H and O–H groups in total. The molecule has 6 heteroatoms. The van der Waals surface area contributed by atoms with Gasteiger partial charge in [-0.3, -0.25) is 9.59 Å². The van der Waals surface area contributed by atoms with Crippen molar-refractivity contribution >= 4 is 35.2 Å². The van der Waals surface area contributed by atoms with Gasteiger partial charge in [-0.05, 0) is 31.2 Å². The van der Waals surface area contributed by atoms with Gasteiger partial charge >= 0.3 is 0 Å². The monoisotopic (exact) mass is 362 g/mol. The molecule has 0 radical (unpaired) electrons. The van der Waals surface area contributed by atoms with Crippen LogP contribution in [0.2, 0.25) is 5.02 Å². The van der Waals surface area contributed by atoms with Crippen molar-refractivity contribution in [2.24, 2.45) is 0 Å². The highest BCUT2D eigenvalue weighted by atomic mass is 35.5. The summed E-state index contributed by atoms with van der Waals surface area (Å²) in [5, 5.41) is 5.92. The third kappa shape index (κ3) is 5.91. The number of amides is 2. The van der Waals surface area contributed by atoms with Crippen molar-refractivity contribution in [3.8, 4) is 0 Å². The summed E-state index contributed by atoms with van der Waals surface area (Å²) in [5.74, 6) is 0.0399. The lowest BCUT2D eigenvalue weighted by atomic mass is 10.2. The van der Waals surface area contributed by atoms with E-state index in [1.165, 1.54) is 17.3 Å². The summed E-state index contributed by atoms with van der Waals surface area (Å²) in [7, 11) is 0. The summed E-state index contributed by atoms with van der Waals surface area (Å²) >= 11 is 7.44. The number of benzene rings is 2. The molecule has 2 amide bonds. The molecule has 2 aromatic carbocycles. The van der Waals surface area contributed by atoms with Crippen LogP contribution >= 0.6 is 23.4 Å². The lowest BCUT2D eigenvalue weighted by Gasteiger charge is -2.08. The van der Waals surface area contributed by atoms with Crippen molar-refractivity contribution < 1.29 is 9.59 Å². The van der Waals surface area contributed by atoms with Gasteiger partial charge in [-0.2, -0.15) is 0 Å². The van der Waals surface area contributed by atoms with Crippen LogP contribution in [0.3, 0.4) is 0 Å². The van der Waals surface area contributed by atoms with Crippen LogP contribution in [0, 0.1) is 6.92 Å². The summed E-state index contributed by atoms with van der Waals surface area (Å²) in [6.07, 6.45) is 0. The minimum Gasteiger partial charge on any atom is -0.354 e. The predicted octanol–water partition coefficient (Wildman–Crippen LogP) is 3.29. The van der Waals surface area contributed by atoms with Gasteiger partial charge in [-0.15, -0.1) is 11.8 Å². The highest BCUT2D eigenvalue weighted by Crippen LogP contribution is 2.17. The molecule has 2 aromatic rings. The van der Waals surface area contributed by atoms with Crippen LogP contribution in [0.1, 0.15) is 15.9 Å². The number of carbonyl (C=O) groups is 2. The molecule has 0 spiro atoms. The van der Waals surface area contributed by atoms with Gasteiger partial charge in [0.25, 0.3) is 5.91 Å². The molecular weight excluding hydrogens is 344 g/mol. The number of hydrogen-bond acceptors (Lipinski definition) is 3. The van der Waals surface area contributed by atoms with E-state index in [0.717, 1.165) is 4.90 Å². The number of halogens is 1. The van der Waals surface area contributed by atoms with E-state index in [2.05, 4.69) is 10.6 Å². The van der Waals surface area contributed by atoms with Crippen molar-refractivity contribution in [1.29, 1.82) is 0 Å². The SMILES string of the molecule is Cc1ccc(SCC(=O)NCCNC(=O)c2ccccc2Cl)cc1. The van der Waals surface area contributed by atoms with Crippen molar-refractivity contribution in [2.75, 3.05) is 18.8 Å². The molecule has 0 fully saturated rings. The molecule has 0 unspecified atom stereocenters. The van der Waals surface area contributed by atoms with Gasteiger partial charge in [0.15, 0.2) is 0 Å². The van der Waals surface area contributed by atoms with Gasteiger partial charge in [-0.25, -0.2) is 0 Å². The van der Waals surface area contributed by atoms with Crippen molar-refractivity contribution in [1.82, 2.24) is 10.6 Å². The highest BCUT2D eigenvalue weighted by molar-refractivity contribution is 8.00. The smallest absolute Gasteiger partial charge is 0.252 e. The number of carbonyl (C=O) groups excluding carboxylic acids is 2. The second-order valence-corrected chi connectivity index (χ2v) is 6.64. The lowest BCUT2D eigenvalue weighted by Crippen LogP contribution is -2.35. The van der Waals surface area contributed by atoms with E-state index in [1.54, 1.807) is 24.3 Å². The van der Waals surface area contributed by atoms with Crippen LogP contribution in [0.15, 0.2) is 53.4 Å². The second kappa shape index (κ2) is 9.35. The third-order valence-electron chi connectivity index (χ3n) is 3.24. The first-order valence-corrected chi connectivity index (χ1v) is 8.91. The standard InChI is InChI=1S/C18H19ClN2O2S/c1-13-6-8-14(9-7-13)24-12-17(22)20-10-11-21-18(23)15-4-2-3-5-16(15)19/h2-9H,10-12H2,1H3,(H,20,22)(H,21,23). The minimum atomic E-state index is -0.246. The van der Waals surface area contributed by atoms with Crippen LogP contribution in [-0.4, -0.2) is 30.7 Å². The zero-order chi connectivity index (χ0) is 17.4. The first kappa shape index (κ1) is 18.4. The maximum Gasteiger partial charge on any atom is 0.252 e. The fraction of sp³-hybridized carbons (Fsp3) is 0.222. The Morgan fingerprint density at radius 2 is 1.67 bits per heavy atom. The zero-order valence-corrected chi connectivity index (χ0v) is 14.9. The molecular formula is C18H19ClN2O2S. The van der Waals surface area contributed by atoms with Gasteiger partial charge in [0.05, 0.1) is 16.3 Å². The Morgan fingerprint density at radius 3 is 2.38 bits per heavy atom. The molecule has 0 saturated heterocycles. The first-order valence-electron chi connectivity index (χ1n) is 7.55. The Hall–Kier alpha value is -1.98. The van der Waals surface area contributed by atoms with E-state index >= 15 is 0 Å². The third-order valence-corrected chi connectivity index (χ3v) is 4.58. The van der Waals surface area contributed by atoms with Gasteiger partial charge in [0.2, 0.25) is 5.91 Å². The molecule has 24 heavy (non-hydrogen) atoms. The largest absolute Gasteiger partial charge is 0.354 e. The Morgan fingerprint density at radius 1 is 1.00 bits per heavy atom. The molecule has 0 aliphatic carbocycles. The highest BCUT2D eigenvalue weighted by Gasteiger charge is 2.08. The summed E-state index contributed by atoms with van der Waals surface area (Å²) in [6, 6.07) is 14.9. The zero-order valence-electron chi connectivity index (χ0n) is 13.3. The number of nitrogens with one attached hydrogen (secondary N) is 2. The Bertz CT molecular complexity index is 704. The molecule has 0 aromatic heterocycles. The molecule has 2 rings (SSSR count). The molecule has 0 bridgehead atoms. The van der Waals surface area contributed by atoms with Gasteiger partial charge in [0, 0.05) is 18.0 Å². The van der Waals surface area contributed by atoms with Crippen molar-refractivity contribution in [2.45, 2.75) is 11.8 Å². The fourth-order valence-electron chi connectivity index (χ4n) is 1.95. The Labute approximate surface area is 151 Å². The number of thioether (sulfide) groups is 1. The van der Waals surface area contributed by atoms with E-state index in [4.69, 9.17) is 11.6 Å².